The summed E-state index contributed by atoms with van der Waals surface area (Å²) in [6.07, 6.45) is 0.887. The highest BCUT2D eigenvalue weighted by Crippen LogP contribution is 2.18. The number of hydrogen-bond acceptors (Lipinski definition) is 5. The van der Waals surface area contributed by atoms with Gasteiger partial charge >= 0.3 is 0 Å². The van der Waals surface area contributed by atoms with Crippen LogP contribution in [0.25, 0.3) is 0 Å². The van der Waals surface area contributed by atoms with Gasteiger partial charge in [0.2, 0.25) is 5.91 Å². The minimum atomic E-state index is -0.325. The first-order chi connectivity index (χ1) is 18.5. The topological polar surface area (TPSA) is 96.8 Å². The van der Waals surface area contributed by atoms with Crippen LogP contribution in [0.15, 0.2) is 66.7 Å². The quantitative estimate of drug-likeness (QED) is 0.421. The average Bonchev–Trinajstić information content (AvgIpc) is 3.31. The van der Waals surface area contributed by atoms with Gasteiger partial charge in [0.05, 0.1) is 12.6 Å². The summed E-state index contributed by atoms with van der Waals surface area (Å²) in [6.45, 7) is 4.46. The molecule has 2 aromatic carbocycles. The number of ether oxygens (including phenoxy) is 1. The first kappa shape index (κ1) is 27.1. The third-order valence-electron chi connectivity index (χ3n) is 6.66. The zero-order valence-electron chi connectivity index (χ0n) is 22.0. The molecule has 0 aliphatic carbocycles. The summed E-state index contributed by atoms with van der Waals surface area (Å²) in [6, 6.07) is 21.0. The Hall–Kier alpha value is -3.98. The molecule has 3 aromatic rings. The minimum Gasteiger partial charge on any atom is -0.383 e. The van der Waals surface area contributed by atoms with Crippen molar-refractivity contribution in [3.05, 3.63) is 89.2 Å². The van der Waals surface area contributed by atoms with E-state index in [9.17, 15) is 14.4 Å². The fraction of sp³-hybridized carbons (Fsp3) is 0.379. The third kappa shape index (κ3) is 6.86. The molecule has 9 nitrogen and oxygen atoms in total. The summed E-state index contributed by atoms with van der Waals surface area (Å²) in [5.41, 5.74) is 2.67. The Morgan fingerprint density at radius 3 is 2.47 bits per heavy atom. The number of nitrogens with zero attached hydrogens (tertiary/aromatic N) is 4. The van der Waals surface area contributed by atoms with Gasteiger partial charge in [0.15, 0.2) is 5.69 Å². The molecular weight excluding hydrogens is 482 g/mol. The number of fused-ring (bicyclic) bond motifs is 1. The number of benzene rings is 2. The van der Waals surface area contributed by atoms with Gasteiger partial charge in [-0.05, 0) is 24.5 Å². The maximum Gasteiger partial charge on any atom is 0.274 e. The van der Waals surface area contributed by atoms with E-state index < -0.39 is 0 Å². The fourth-order valence-corrected chi connectivity index (χ4v) is 4.55. The van der Waals surface area contributed by atoms with Crippen LogP contribution in [0, 0.1) is 0 Å². The normalized spacial score (nSPS) is 13.9. The Bertz CT molecular complexity index is 1230. The standard InChI is InChI=1S/C29H35N5O4/c1-22(24-12-7-4-8-13-24)30-27(35)14-17-32(18-19-38-2)28(36)25-20-26-29(37)33(15-9-16-34(26)31-25)21-23-10-5-3-6-11-23/h3-8,10-13,20,22H,9,14-19,21H2,1-2H3,(H,30,35)/t22-/m0/s1. The first-order valence-corrected chi connectivity index (χ1v) is 13.0. The molecule has 1 N–H and O–H groups in total. The number of methoxy groups -OCH3 is 1. The third-order valence-corrected chi connectivity index (χ3v) is 6.66. The van der Waals surface area contributed by atoms with Gasteiger partial charge in [-0.3, -0.25) is 19.1 Å². The molecule has 3 amide bonds. The Morgan fingerprint density at radius 1 is 1.05 bits per heavy atom. The van der Waals surface area contributed by atoms with Crippen LogP contribution in [0.1, 0.15) is 57.9 Å². The largest absolute Gasteiger partial charge is 0.383 e. The Kier molecular flexibility index (Phi) is 9.26. The van der Waals surface area contributed by atoms with Crippen LogP contribution >= 0.6 is 0 Å². The summed E-state index contributed by atoms with van der Waals surface area (Å²) >= 11 is 0. The molecule has 1 aliphatic heterocycles. The summed E-state index contributed by atoms with van der Waals surface area (Å²) < 4.78 is 6.82. The van der Waals surface area contributed by atoms with Crippen LogP contribution in [0.2, 0.25) is 0 Å². The first-order valence-electron chi connectivity index (χ1n) is 13.0. The fourth-order valence-electron chi connectivity index (χ4n) is 4.55. The lowest BCUT2D eigenvalue weighted by Gasteiger charge is -2.22. The van der Waals surface area contributed by atoms with Gasteiger partial charge in [0.25, 0.3) is 11.8 Å². The number of nitrogens with one attached hydrogen (secondary N) is 1. The molecule has 38 heavy (non-hydrogen) atoms. The van der Waals surface area contributed by atoms with Crippen LogP contribution in [0.3, 0.4) is 0 Å². The zero-order valence-corrected chi connectivity index (χ0v) is 22.0. The SMILES string of the molecule is COCCN(CCC(=O)N[C@@H](C)c1ccccc1)C(=O)c1cc2n(n1)CCCN(Cc1ccccc1)C2=O. The van der Waals surface area contributed by atoms with E-state index in [1.54, 1.807) is 27.7 Å². The van der Waals surface area contributed by atoms with Crippen molar-refractivity contribution in [1.29, 1.82) is 0 Å². The monoisotopic (exact) mass is 517 g/mol. The molecule has 0 fully saturated rings. The minimum absolute atomic E-state index is 0.138. The maximum absolute atomic E-state index is 13.4. The molecule has 4 rings (SSSR count). The second-order valence-corrected chi connectivity index (χ2v) is 9.44. The lowest BCUT2D eigenvalue weighted by atomic mass is 10.1. The number of carbonyl (C=O) groups excluding carboxylic acids is 3. The van der Waals surface area contributed by atoms with Gasteiger partial charge < -0.3 is 19.9 Å². The Labute approximate surface area is 223 Å². The van der Waals surface area contributed by atoms with E-state index in [0.29, 0.717) is 38.5 Å². The van der Waals surface area contributed by atoms with Crippen molar-refractivity contribution in [2.75, 3.05) is 33.4 Å². The number of carbonyl (C=O) groups is 3. The molecule has 0 saturated heterocycles. The zero-order chi connectivity index (χ0) is 26.9. The van der Waals surface area contributed by atoms with Crippen LogP contribution in [-0.4, -0.2) is 70.7 Å². The van der Waals surface area contributed by atoms with Crippen molar-refractivity contribution in [1.82, 2.24) is 24.9 Å². The number of rotatable bonds is 11. The van der Waals surface area contributed by atoms with E-state index in [2.05, 4.69) is 10.4 Å². The summed E-state index contributed by atoms with van der Waals surface area (Å²) in [5, 5.41) is 7.47. The van der Waals surface area contributed by atoms with Crippen molar-refractivity contribution in [2.24, 2.45) is 0 Å². The van der Waals surface area contributed by atoms with Crippen LogP contribution < -0.4 is 5.32 Å². The van der Waals surface area contributed by atoms with E-state index >= 15 is 0 Å². The van der Waals surface area contributed by atoms with Crippen molar-refractivity contribution >= 4 is 17.7 Å². The van der Waals surface area contributed by atoms with Crippen molar-refractivity contribution in [3.63, 3.8) is 0 Å². The average molecular weight is 518 g/mol. The summed E-state index contributed by atoms with van der Waals surface area (Å²) in [4.78, 5) is 42.7. The van der Waals surface area contributed by atoms with Gasteiger partial charge in [0.1, 0.15) is 5.69 Å². The predicted molar refractivity (Wildman–Crippen MR) is 143 cm³/mol. The predicted octanol–water partition coefficient (Wildman–Crippen LogP) is 3.29. The van der Waals surface area contributed by atoms with Crippen molar-refractivity contribution in [2.45, 2.75) is 38.9 Å². The summed E-state index contributed by atoms with van der Waals surface area (Å²) in [7, 11) is 1.57. The Morgan fingerprint density at radius 2 is 1.76 bits per heavy atom. The van der Waals surface area contributed by atoms with E-state index in [4.69, 9.17) is 4.74 Å². The van der Waals surface area contributed by atoms with E-state index in [1.165, 1.54) is 0 Å². The number of aromatic nitrogens is 2. The maximum atomic E-state index is 13.4. The van der Waals surface area contributed by atoms with Crippen LogP contribution in [0.5, 0.6) is 0 Å². The highest BCUT2D eigenvalue weighted by molar-refractivity contribution is 5.98. The number of hydrogen-bond donors (Lipinski definition) is 1. The van der Waals surface area contributed by atoms with E-state index in [-0.39, 0.29) is 42.4 Å². The van der Waals surface area contributed by atoms with Gasteiger partial charge in [0, 0.05) is 52.3 Å². The van der Waals surface area contributed by atoms with Crippen LogP contribution in [-0.2, 0) is 22.6 Å². The molecule has 9 heteroatoms. The lowest BCUT2D eigenvalue weighted by Crippen LogP contribution is -2.38. The number of aryl methyl sites for hydroxylation is 1. The van der Waals surface area contributed by atoms with E-state index in [1.807, 2.05) is 67.6 Å². The molecule has 1 aliphatic rings. The second-order valence-electron chi connectivity index (χ2n) is 9.44. The molecule has 2 heterocycles. The molecular formula is C29H35N5O4. The molecule has 1 atom stereocenters. The van der Waals surface area contributed by atoms with Gasteiger partial charge in [-0.2, -0.15) is 5.10 Å². The molecule has 1 aromatic heterocycles. The van der Waals surface area contributed by atoms with Gasteiger partial charge in [-0.15, -0.1) is 0 Å². The molecule has 0 saturated carbocycles. The molecule has 200 valence electrons. The molecule has 0 unspecified atom stereocenters. The van der Waals surface area contributed by atoms with E-state index in [0.717, 1.165) is 17.5 Å². The molecule has 0 radical (unpaired) electrons. The van der Waals surface area contributed by atoms with Gasteiger partial charge in [-0.1, -0.05) is 60.7 Å². The number of amides is 3. The molecule has 0 bridgehead atoms. The second kappa shape index (κ2) is 13.0. The van der Waals surface area contributed by atoms with Crippen LogP contribution in [0.4, 0.5) is 0 Å². The molecule has 0 spiro atoms. The highest BCUT2D eigenvalue weighted by atomic mass is 16.5. The summed E-state index contributed by atoms with van der Waals surface area (Å²) in [5.74, 6) is -0.617. The Balaban J connectivity index is 1.42. The highest BCUT2D eigenvalue weighted by Gasteiger charge is 2.28. The smallest absolute Gasteiger partial charge is 0.274 e. The van der Waals surface area contributed by atoms with Crippen molar-refractivity contribution < 1.29 is 19.1 Å². The van der Waals surface area contributed by atoms with Gasteiger partial charge in [-0.25, -0.2) is 0 Å². The lowest BCUT2D eigenvalue weighted by molar-refractivity contribution is -0.121. The van der Waals surface area contributed by atoms with Crippen molar-refractivity contribution in [3.8, 4) is 0 Å².